The van der Waals surface area contributed by atoms with Crippen LogP contribution in [0.4, 0.5) is 0 Å². The average Bonchev–Trinajstić information content (AvgIpc) is 2.83. The minimum Gasteiger partial charge on any atom is -0.340 e. The molecule has 1 N–H and O–H groups in total. The molecule has 3 rings (SSSR count). The van der Waals surface area contributed by atoms with Crippen LogP contribution in [0.25, 0.3) is 0 Å². The summed E-state index contributed by atoms with van der Waals surface area (Å²) in [6.07, 6.45) is 0.766. The number of benzene rings is 2. The molecule has 2 aromatic carbocycles. The molecule has 32 heavy (non-hydrogen) atoms. The van der Waals surface area contributed by atoms with Gasteiger partial charge in [-0.05, 0) is 35.7 Å². The van der Waals surface area contributed by atoms with Crippen LogP contribution in [0.15, 0.2) is 54.6 Å². The summed E-state index contributed by atoms with van der Waals surface area (Å²) in [4.78, 5) is 30.0. The van der Waals surface area contributed by atoms with Crippen LogP contribution in [0.3, 0.4) is 0 Å². The van der Waals surface area contributed by atoms with Crippen molar-refractivity contribution in [3.8, 4) is 6.07 Å². The van der Waals surface area contributed by atoms with E-state index in [2.05, 4.69) is 16.3 Å². The predicted octanol–water partition coefficient (Wildman–Crippen LogP) is 3.89. The molecule has 0 aliphatic carbocycles. The molecule has 1 saturated heterocycles. The van der Waals surface area contributed by atoms with Crippen LogP contribution >= 0.6 is 11.6 Å². The summed E-state index contributed by atoms with van der Waals surface area (Å²) in [7, 11) is 0. The molecule has 3 atom stereocenters. The molecule has 1 aliphatic rings. The third-order valence-corrected chi connectivity index (χ3v) is 6.35. The van der Waals surface area contributed by atoms with Gasteiger partial charge in [0.15, 0.2) is 0 Å². The van der Waals surface area contributed by atoms with Crippen LogP contribution < -0.4 is 5.32 Å². The minimum atomic E-state index is -0.601. The maximum absolute atomic E-state index is 13.3. The van der Waals surface area contributed by atoms with Gasteiger partial charge in [0.1, 0.15) is 12.1 Å². The topological polar surface area (TPSA) is 76.4 Å². The molecule has 168 valence electrons. The van der Waals surface area contributed by atoms with Gasteiger partial charge in [0.2, 0.25) is 5.91 Å². The Morgan fingerprint density at radius 1 is 1.06 bits per heavy atom. The van der Waals surface area contributed by atoms with Gasteiger partial charge < -0.3 is 10.2 Å². The molecule has 0 radical (unpaired) electrons. The van der Waals surface area contributed by atoms with Crippen LogP contribution in [0, 0.1) is 17.2 Å². The van der Waals surface area contributed by atoms with Crippen molar-refractivity contribution in [3.63, 3.8) is 0 Å². The van der Waals surface area contributed by atoms with E-state index in [0.717, 1.165) is 12.0 Å². The molecule has 1 fully saturated rings. The molecule has 6 nitrogen and oxygen atoms in total. The van der Waals surface area contributed by atoms with Crippen molar-refractivity contribution in [3.05, 3.63) is 70.7 Å². The average molecular weight is 453 g/mol. The van der Waals surface area contributed by atoms with Gasteiger partial charge >= 0.3 is 0 Å². The van der Waals surface area contributed by atoms with Crippen LogP contribution in [-0.2, 0) is 4.79 Å². The molecule has 0 aromatic heterocycles. The molecular formula is C25H29ClN4O2. The quantitative estimate of drug-likeness (QED) is 0.691. The summed E-state index contributed by atoms with van der Waals surface area (Å²) < 4.78 is 0. The highest BCUT2D eigenvalue weighted by Gasteiger charge is 2.33. The number of hydrogen-bond donors (Lipinski definition) is 1. The fraction of sp³-hybridized carbons (Fsp3) is 0.400. The Hall–Kier alpha value is -2.88. The van der Waals surface area contributed by atoms with Crippen molar-refractivity contribution in [1.29, 1.82) is 5.26 Å². The summed E-state index contributed by atoms with van der Waals surface area (Å²) in [5.74, 6) is -0.366. The zero-order valence-electron chi connectivity index (χ0n) is 18.5. The molecule has 3 unspecified atom stereocenters. The van der Waals surface area contributed by atoms with Crippen molar-refractivity contribution >= 4 is 23.4 Å². The van der Waals surface area contributed by atoms with Crippen LogP contribution in [0.2, 0.25) is 5.02 Å². The number of nitriles is 1. The molecular weight excluding hydrogens is 424 g/mol. The number of rotatable bonds is 7. The van der Waals surface area contributed by atoms with E-state index < -0.39 is 6.04 Å². The van der Waals surface area contributed by atoms with Gasteiger partial charge in [-0.3, -0.25) is 14.5 Å². The first-order valence-corrected chi connectivity index (χ1v) is 11.4. The molecule has 1 heterocycles. The molecule has 2 amide bonds. The highest BCUT2D eigenvalue weighted by Crippen LogP contribution is 2.22. The highest BCUT2D eigenvalue weighted by molar-refractivity contribution is 6.30. The van der Waals surface area contributed by atoms with E-state index in [0.29, 0.717) is 36.8 Å². The summed E-state index contributed by atoms with van der Waals surface area (Å²) in [6, 6.07) is 17.8. The zero-order chi connectivity index (χ0) is 23.1. The van der Waals surface area contributed by atoms with Crippen molar-refractivity contribution in [2.24, 2.45) is 5.92 Å². The monoisotopic (exact) mass is 452 g/mol. The Morgan fingerprint density at radius 3 is 2.25 bits per heavy atom. The zero-order valence-corrected chi connectivity index (χ0v) is 19.3. The first kappa shape index (κ1) is 23.8. The van der Waals surface area contributed by atoms with Gasteiger partial charge in [-0.2, -0.15) is 5.26 Å². The number of nitrogens with zero attached hydrogens (tertiary/aromatic N) is 3. The minimum absolute atomic E-state index is 0.00652. The first-order chi connectivity index (χ1) is 15.4. The normalized spacial score (nSPS) is 17.1. The van der Waals surface area contributed by atoms with E-state index >= 15 is 0 Å². The largest absolute Gasteiger partial charge is 0.340 e. The number of halogens is 1. The van der Waals surface area contributed by atoms with Gasteiger partial charge in [0.25, 0.3) is 5.91 Å². The lowest BCUT2D eigenvalue weighted by Gasteiger charge is -2.39. The van der Waals surface area contributed by atoms with Crippen molar-refractivity contribution < 1.29 is 9.59 Å². The summed E-state index contributed by atoms with van der Waals surface area (Å²) in [6.45, 7) is 6.24. The standard InChI is InChI=1S/C25H29ClN4O2/c1-3-18(2)23(28-24(31)20-9-11-21(26)12-10-20)25(32)30-15-13-29(14-16-30)22(17-27)19-7-5-4-6-8-19/h4-12,18,22-23H,3,13-16H2,1-2H3,(H,28,31). The van der Waals surface area contributed by atoms with Crippen molar-refractivity contribution in [2.45, 2.75) is 32.4 Å². The van der Waals surface area contributed by atoms with Crippen molar-refractivity contribution in [1.82, 2.24) is 15.1 Å². The number of carbonyl (C=O) groups excluding carboxylic acids is 2. The highest BCUT2D eigenvalue weighted by atomic mass is 35.5. The van der Waals surface area contributed by atoms with Crippen LogP contribution in [0.1, 0.15) is 42.2 Å². The maximum atomic E-state index is 13.3. The fourth-order valence-electron chi connectivity index (χ4n) is 3.91. The van der Waals surface area contributed by atoms with E-state index in [1.54, 1.807) is 29.2 Å². The van der Waals surface area contributed by atoms with Crippen LogP contribution in [-0.4, -0.2) is 53.8 Å². The molecule has 1 aliphatic heterocycles. The summed E-state index contributed by atoms with van der Waals surface area (Å²) in [5, 5.41) is 13.2. The third-order valence-electron chi connectivity index (χ3n) is 6.10. The van der Waals surface area contributed by atoms with E-state index in [9.17, 15) is 14.9 Å². The number of piperazine rings is 1. The second kappa shape index (κ2) is 11.1. The van der Waals surface area contributed by atoms with Crippen LogP contribution in [0.5, 0.6) is 0 Å². The lowest BCUT2D eigenvalue weighted by Crippen LogP contribution is -2.57. The number of hydrogen-bond acceptors (Lipinski definition) is 4. The Bertz CT molecular complexity index is 950. The number of nitrogens with one attached hydrogen (secondary N) is 1. The maximum Gasteiger partial charge on any atom is 0.251 e. The lowest BCUT2D eigenvalue weighted by molar-refractivity contribution is -0.136. The van der Waals surface area contributed by atoms with E-state index in [1.807, 2.05) is 44.2 Å². The Morgan fingerprint density at radius 2 is 1.69 bits per heavy atom. The smallest absolute Gasteiger partial charge is 0.251 e. The molecule has 0 spiro atoms. The van der Waals surface area contributed by atoms with Gasteiger partial charge in [-0.15, -0.1) is 0 Å². The Kier molecular flexibility index (Phi) is 8.26. The Labute approximate surface area is 194 Å². The van der Waals surface area contributed by atoms with Gasteiger partial charge in [-0.1, -0.05) is 62.2 Å². The second-order valence-corrected chi connectivity index (χ2v) is 8.58. The van der Waals surface area contributed by atoms with Gasteiger partial charge in [0.05, 0.1) is 6.07 Å². The van der Waals surface area contributed by atoms with Crippen molar-refractivity contribution in [2.75, 3.05) is 26.2 Å². The third kappa shape index (κ3) is 5.67. The number of carbonyl (C=O) groups is 2. The first-order valence-electron chi connectivity index (χ1n) is 11.0. The predicted molar refractivity (Wildman–Crippen MR) is 125 cm³/mol. The van der Waals surface area contributed by atoms with Gasteiger partial charge in [0, 0.05) is 36.8 Å². The van der Waals surface area contributed by atoms with E-state index in [1.165, 1.54) is 0 Å². The summed E-state index contributed by atoms with van der Waals surface area (Å²) in [5.41, 5.74) is 1.43. The SMILES string of the molecule is CCC(C)C(NC(=O)c1ccc(Cl)cc1)C(=O)N1CCN(C(C#N)c2ccccc2)CC1. The number of amides is 2. The van der Waals surface area contributed by atoms with E-state index in [4.69, 9.17) is 11.6 Å². The van der Waals surface area contributed by atoms with E-state index in [-0.39, 0.29) is 23.8 Å². The molecule has 0 saturated carbocycles. The Balaban J connectivity index is 1.65. The fourth-order valence-corrected chi connectivity index (χ4v) is 4.03. The lowest BCUT2D eigenvalue weighted by atomic mass is 9.96. The summed E-state index contributed by atoms with van der Waals surface area (Å²) >= 11 is 5.91. The van der Waals surface area contributed by atoms with Gasteiger partial charge in [-0.25, -0.2) is 0 Å². The molecule has 2 aromatic rings. The molecule has 7 heteroatoms. The second-order valence-electron chi connectivity index (χ2n) is 8.15. The molecule has 0 bridgehead atoms.